The molecule has 0 saturated heterocycles. The van der Waals surface area contributed by atoms with E-state index in [1.807, 2.05) is 18.2 Å². The van der Waals surface area contributed by atoms with Crippen LogP contribution in [0.5, 0.6) is 11.5 Å². The minimum Gasteiger partial charge on any atom is -0.496 e. The van der Waals surface area contributed by atoms with Crippen LogP contribution in [0.1, 0.15) is 11.1 Å². The van der Waals surface area contributed by atoms with Crippen LogP contribution in [0.3, 0.4) is 0 Å². The first-order valence-corrected chi connectivity index (χ1v) is 6.83. The maximum atomic E-state index is 6.14. The van der Waals surface area contributed by atoms with Gasteiger partial charge in [-0.25, -0.2) is 0 Å². The fourth-order valence-corrected chi connectivity index (χ4v) is 2.26. The summed E-state index contributed by atoms with van der Waals surface area (Å²) in [7, 11) is 1.61. The molecule has 0 heterocycles. The van der Waals surface area contributed by atoms with Crippen LogP contribution >= 0.6 is 23.2 Å². The van der Waals surface area contributed by atoms with E-state index in [-0.39, 0.29) is 0 Å². The average Bonchev–Trinajstić information content (AvgIpc) is 2.46. The second-order valence-corrected chi connectivity index (χ2v) is 5.06. The molecule has 0 aliphatic heterocycles. The number of benzene rings is 2. The zero-order chi connectivity index (χ0) is 14.5. The summed E-state index contributed by atoms with van der Waals surface area (Å²) >= 11 is 12.1. The third-order valence-corrected chi connectivity index (χ3v) is 3.39. The van der Waals surface area contributed by atoms with Gasteiger partial charge in [0, 0.05) is 17.1 Å². The summed E-state index contributed by atoms with van der Waals surface area (Å²) < 4.78 is 11.0. The van der Waals surface area contributed by atoms with E-state index in [1.54, 1.807) is 25.3 Å². The average molecular weight is 312 g/mol. The Labute approximate surface area is 128 Å². The molecule has 0 bridgehead atoms. The topological polar surface area (TPSA) is 44.5 Å². The summed E-state index contributed by atoms with van der Waals surface area (Å²) in [5, 5.41) is 1.17. The lowest BCUT2D eigenvalue weighted by molar-refractivity contribution is 0.297. The van der Waals surface area contributed by atoms with Crippen LogP contribution in [0.25, 0.3) is 0 Å². The van der Waals surface area contributed by atoms with Crippen LogP contribution in [0.2, 0.25) is 10.0 Å². The van der Waals surface area contributed by atoms with Gasteiger partial charge in [0.1, 0.15) is 18.1 Å². The van der Waals surface area contributed by atoms with Gasteiger partial charge in [-0.2, -0.15) is 0 Å². The van der Waals surface area contributed by atoms with E-state index in [2.05, 4.69) is 0 Å². The molecule has 0 atom stereocenters. The lowest BCUT2D eigenvalue weighted by Gasteiger charge is -2.12. The summed E-state index contributed by atoms with van der Waals surface area (Å²) in [6.07, 6.45) is 0. The van der Waals surface area contributed by atoms with Crippen LogP contribution in [0, 0.1) is 0 Å². The first-order chi connectivity index (χ1) is 9.63. The Morgan fingerprint density at radius 1 is 1.05 bits per heavy atom. The second kappa shape index (κ2) is 6.84. The van der Waals surface area contributed by atoms with Crippen molar-refractivity contribution in [2.24, 2.45) is 5.73 Å². The second-order valence-electron chi connectivity index (χ2n) is 4.21. The lowest BCUT2D eigenvalue weighted by atomic mass is 10.2. The van der Waals surface area contributed by atoms with Gasteiger partial charge >= 0.3 is 0 Å². The molecule has 0 spiro atoms. The number of ether oxygens (including phenoxy) is 2. The standard InChI is InChI=1S/C15H15Cl2NO2/c1-19-14-5-3-12(16)7-11(14)9-20-15-4-2-10(8-18)6-13(15)17/h2-7H,8-9,18H2,1H3. The highest BCUT2D eigenvalue weighted by Crippen LogP contribution is 2.28. The molecule has 2 N–H and O–H groups in total. The van der Waals surface area contributed by atoms with E-state index in [1.165, 1.54) is 0 Å². The van der Waals surface area contributed by atoms with Gasteiger partial charge in [0.05, 0.1) is 12.1 Å². The summed E-state index contributed by atoms with van der Waals surface area (Å²) in [5.74, 6) is 1.33. The maximum Gasteiger partial charge on any atom is 0.138 e. The van der Waals surface area contributed by atoms with Crippen molar-refractivity contribution in [2.75, 3.05) is 7.11 Å². The van der Waals surface area contributed by atoms with E-state index in [0.29, 0.717) is 28.9 Å². The summed E-state index contributed by atoms with van der Waals surface area (Å²) in [4.78, 5) is 0. The van der Waals surface area contributed by atoms with Crippen molar-refractivity contribution in [3.8, 4) is 11.5 Å². The summed E-state index contributed by atoms with van der Waals surface area (Å²) in [5.41, 5.74) is 7.38. The van der Waals surface area contributed by atoms with Crippen LogP contribution in [0.4, 0.5) is 0 Å². The van der Waals surface area contributed by atoms with Crippen LogP contribution in [-0.4, -0.2) is 7.11 Å². The van der Waals surface area contributed by atoms with E-state index in [4.69, 9.17) is 38.4 Å². The Bertz CT molecular complexity index is 602. The molecule has 2 rings (SSSR count). The van der Waals surface area contributed by atoms with Gasteiger partial charge in [0.25, 0.3) is 0 Å². The first-order valence-electron chi connectivity index (χ1n) is 6.07. The van der Waals surface area contributed by atoms with E-state index in [9.17, 15) is 0 Å². The van der Waals surface area contributed by atoms with Crippen LogP contribution in [0.15, 0.2) is 36.4 Å². The van der Waals surface area contributed by atoms with E-state index < -0.39 is 0 Å². The highest BCUT2D eigenvalue weighted by molar-refractivity contribution is 6.32. The Morgan fingerprint density at radius 2 is 1.80 bits per heavy atom. The molecule has 5 heteroatoms. The molecule has 0 radical (unpaired) electrons. The molecule has 2 aromatic carbocycles. The van der Waals surface area contributed by atoms with Gasteiger partial charge in [-0.05, 0) is 35.9 Å². The monoisotopic (exact) mass is 311 g/mol. The van der Waals surface area contributed by atoms with E-state index in [0.717, 1.165) is 16.9 Å². The fourth-order valence-electron chi connectivity index (χ4n) is 1.80. The largest absolute Gasteiger partial charge is 0.496 e. The predicted molar refractivity (Wildman–Crippen MR) is 81.7 cm³/mol. The summed E-state index contributed by atoms with van der Waals surface area (Å²) in [6, 6.07) is 10.9. The summed E-state index contributed by atoms with van der Waals surface area (Å²) in [6.45, 7) is 0.771. The van der Waals surface area contributed by atoms with Gasteiger partial charge in [0.2, 0.25) is 0 Å². The van der Waals surface area contributed by atoms with Gasteiger partial charge in [-0.3, -0.25) is 0 Å². The van der Waals surface area contributed by atoms with Gasteiger partial charge in [0.15, 0.2) is 0 Å². The number of rotatable bonds is 5. The van der Waals surface area contributed by atoms with Crippen molar-refractivity contribution in [1.29, 1.82) is 0 Å². The zero-order valence-electron chi connectivity index (χ0n) is 11.0. The predicted octanol–water partition coefficient (Wildman–Crippen LogP) is 4.04. The van der Waals surface area contributed by atoms with Crippen LogP contribution in [-0.2, 0) is 13.2 Å². The molecule has 0 saturated carbocycles. The van der Waals surface area contributed by atoms with Crippen molar-refractivity contribution in [2.45, 2.75) is 13.2 Å². The Kier molecular flexibility index (Phi) is 5.12. The quantitative estimate of drug-likeness (QED) is 0.906. The van der Waals surface area contributed by atoms with Gasteiger partial charge in [-0.1, -0.05) is 29.3 Å². The molecule has 0 aliphatic rings. The fraction of sp³-hybridized carbons (Fsp3) is 0.200. The smallest absolute Gasteiger partial charge is 0.138 e. The molecule has 106 valence electrons. The lowest BCUT2D eigenvalue weighted by Crippen LogP contribution is -2.00. The molecule has 20 heavy (non-hydrogen) atoms. The SMILES string of the molecule is COc1ccc(Cl)cc1COc1ccc(CN)cc1Cl. The first kappa shape index (κ1) is 15.0. The molecule has 2 aromatic rings. The van der Waals surface area contributed by atoms with Gasteiger partial charge < -0.3 is 15.2 Å². The number of hydrogen-bond donors (Lipinski definition) is 1. The number of methoxy groups -OCH3 is 1. The zero-order valence-corrected chi connectivity index (χ0v) is 12.5. The molecular weight excluding hydrogens is 297 g/mol. The molecule has 0 unspecified atom stereocenters. The Balaban J connectivity index is 2.14. The molecule has 0 fully saturated rings. The third-order valence-electron chi connectivity index (χ3n) is 2.86. The number of halogens is 2. The Morgan fingerprint density at radius 3 is 2.45 bits per heavy atom. The minimum atomic E-state index is 0.325. The minimum absolute atomic E-state index is 0.325. The molecule has 0 amide bonds. The van der Waals surface area contributed by atoms with Crippen molar-refractivity contribution in [1.82, 2.24) is 0 Å². The van der Waals surface area contributed by atoms with Crippen molar-refractivity contribution < 1.29 is 9.47 Å². The van der Waals surface area contributed by atoms with Crippen molar-refractivity contribution in [3.05, 3.63) is 57.6 Å². The molecule has 0 aromatic heterocycles. The van der Waals surface area contributed by atoms with Gasteiger partial charge in [-0.15, -0.1) is 0 Å². The van der Waals surface area contributed by atoms with Crippen molar-refractivity contribution in [3.63, 3.8) is 0 Å². The Hall–Kier alpha value is -1.42. The number of hydrogen-bond acceptors (Lipinski definition) is 3. The molecule has 3 nitrogen and oxygen atoms in total. The van der Waals surface area contributed by atoms with E-state index >= 15 is 0 Å². The molecular formula is C15H15Cl2NO2. The maximum absolute atomic E-state index is 6.14. The van der Waals surface area contributed by atoms with Crippen LogP contribution < -0.4 is 15.2 Å². The third kappa shape index (κ3) is 3.57. The highest BCUT2D eigenvalue weighted by atomic mass is 35.5. The highest BCUT2D eigenvalue weighted by Gasteiger charge is 2.07. The normalized spacial score (nSPS) is 10.4. The van der Waals surface area contributed by atoms with Crippen molar-refractivity contribution >= 4 is 23.2 Å². The molecule has 0 aliphatic carbocycles. The number of nitrogens with two attached hydrogens (primary N) is 1.